The highest BCUT2D eigenvalue weighted by molar-refractivity contribution is 8.78. The highest BCUT2D eigenvalue weighted by atomic mass is 35.5. The van der Waals surface area contributed by atoms with E-state index in [4.69, 9.17) is 21.6 Å². The molecule has 3 amide bonds. The van der Waals surface area contributed by atoms with Crippen molar-refractivity contribution >= 4 is 56.9 Å². The highest BCUT2D eigenvalue weighted by Gasteiger charge is 2.61. The number of imide groups is 1. The van der Waals surface area contributed by atoms with Gasteiger partial charge in [0, 0.05) is 10.8 Å². The van der Waals surface area contributed by atoms with E-state index in [1.54, 1.807) is 26.0 Å². The summed E-state index contributed by atoms with van der Waals surface area (Å²) in [6.45, 7) is 3.35. The Morgan fingerprint density at radius 1 is 1.24 bits per heavy atom. The topological polar surface area (TPSA) is 108 Å². The maximum atomic E-state index is 13.0. The molecule has 0 aliphatic carbocycles. The predicted octanol–water partition coefficient (Wildman–Crippen LogP) is 2.24. The molecule has 2 aliphatic rings. The van der Waals surface area contributed by atoms with Crippen LogP contribution in [0, 0.1) is 10.7 Å². The van der Waals surface area contributed by atoms with Crippen LogP contribution in [0.15, 0.2) is 24.3 Å². The molecule has 11 heteroatoms. The fraction of sp³-hybridized carbons (Fsp3) is 0.389. The Balaban J connectivity index is 1.89. The number of methoxy groups -OCH3 is 1. The van der Waals surface area contributed by atoms with Crippen molar-refractivity contribution in [2.45, 2.75) is 36.2 Å². The molecule has 29 heavy (non-hydrogen) atoms. The number of hydrogen-bond donors (Lipinski definition) is 0. The standard InChI is InChI=1S/C18H16ClN3O5S2/c1-18(2,29-28-8-20)12(17(26)27-3)22-13(19)11(16(22)25)21-14(23)9-6-4-5-7-10(9)15(21)24/h4-7,11-13H,1-3H3. The lowest BCUT2D eigenvalue weighted by molar-refractivity contribution is -0.167. The number of carbonyl (C=O) groups excluding carboxylic acids is 4. The summed E-state index contributed by atoms with van der Waals surface area (Å²) in [4.78, 5) is 52.8. The first-order valence-corrected chi connectivity index (χ1v) is 11.0. The van der Waals surface area contributed by atoms with Crippen molar-refractivity contribution in [1.29, 1.82) is 5.26 Å². The maximum Gasteiger partial charge on any atom is 0.330 e. The molecule has 0 N–H and O–H groups in total. The number of thiocyanates is 1. The van der Waals surface area contributed by atoms with Gasteiger partial charge in [0.25, 0.3) is 17.7 Å². The largest absolute Gasteiger partial charge is 0.467 e. The quantitative estimate of drug-likeness (QED) is 0.123. The van der Waals surface area contributed by atoms with Gasteiger partial charge in [-0.3, -0.25) is 19.3 Å². The fourth-order valence-corrected chi connectivity index (χ4v) is 5.45. The molecule has 0 saturated carbocycles. The van der Waals surface area contributed by atoms with Gasteiger partial charge in [-0.1, -0.05) is 34.5 Å². The number of benzene rings is 1. The Labute approximate surface area is 179 Å². The van der Waals surface area contributed by atoms with Crippen LogP contribution >= 0.6 is 33.2 Å². The van der Waals surface area contributed by atoms with Crippen molar-refractivity contribution in [3.8, 4) is 5.40 Å². The van der Waals surface area contributed by atoms with Crippen molar-refractivity contribution in [2.24, 2.45) is 0 Å². The number of likely N-dealkylation sites (tertiary alicyclic amines) is 1. The van der Waals surface area contributed by atoms with Crippen LogP contribution in [0.25, 0.3) is 0 Å². The maximum absolute atomic E-state index is 13.0. The Morgan fingerprint density at radius 3 is 2.24 bits per heavy atom. The second kappa shape index (κ2) is 7.89. The summed E-state index contributed by atoms with van der Waals surface area (Å²) < 4.78 is 3.91. The van der Waals surface area contributed by atoms with Gasteiger partial charge in [0.15, 0.2) is 6.04 Å². The minimum absolute atomic E-state index is 0.207. The van der Waals surface area contributed by atoms with Gasteiger partial charge in [-0.25, -0.2) is 4.79 Å². The second-order valence-corrected chi connectivity index (χ2v) is 9.89. The number of ether oxygens (including phenoxy) is 1. The van der Waals surface area contributed by atoms with Crippen LogP contribution in [-0.2, 0) is 14.3 Å². The molecule has 1 fully saturated rings. The Bertz CT molecular complexity index is 913. The summed E-state index contributed by atoms with van der Waals surface area (Å²) in [7, 11) is 3.13. The average molecular weight is 454 g/mol. The molecule has 3 atom stereocenters. The van der Waals surface area contributed by atoms with E-state index in [9.17, 15) is 19.2 Å². The van der Waals surface area contributed by atoms with Crippen molar-refractivity contribution in [2.75, 3.05) is 7.11 Å². The molecule has 152 valence electrons. The molecule has 2 aliphatic heterocycles. The number of nitriles is 1. The van der Waals surface area contributed by atoms with Crippen molar-refractivity contribution < 1.29 is 23.9 Å². The monoisotopic (exact) mass is 453 g/mol. The van der Waals surface area contributed by atoms with Gasteiger partial charge in [-0.2, -0.15) is 5.26 Å². The number of nitrogens with zero attached hydrogens (tertiary/aromatic N) is 3. The molecule has 0 radical (unpaired) electrons. The van der Waals surface area contributed by atoms with Gasteiger partial charge in [-0.15, -0.1) is 0 Å². The van der Waals surface area contributed by atoms with Gasteiger partial charge >= 0.3 is 5.97 Å². The molecule has 2 heterocycles. The molecule has 0 bridgehead atoms. The summed E-state index contributed by atoms with van der Waals surface area (Å²) in [6.07, 6.45) is 0. The molecule has 8 nitrogen and oxygen atoms in total. The second-order valence-electron chi connectivity index (χ2n) is 6.88. The third-order valence-corrected chi connectivity index (χ3v) is 7.81. The third-order valence-electron chi connectivity index (χ3n) is 4.79. The van der Waals surface area contributed by atoms with E-state index in [0.717, 1.165) is 31.4 Å². The zero-order valence-electron chi connectivity index (χ0n) is 15.6. The number of carbonyl (C=O) groups is 4. The van der Waals surface area contributed by atoms with E-state index in [0.29, 0.717) is 0 Å². The number of halogens is 1. The number of rotatable bonds is 6. The molecular weight excluding hydrogens is 438 g/mol. The van der Waals surface area contributed by atoms with Crippen molar-refractivity contribution in [3.05, 3.63) is 35.4 Å². The number of hydrogen-bond acceptors (Lipinski definition) is 8. The van der Waals surface area contributed by atoms with E-state index in [1.165, 1.54) is 19.2 Å². The SMILES string of the molecule is COC(=O)C(N1C(=O)C(N2C(=O)c3ccccc3C2=O)C1Cl)C(C)(C)SSC#N. The van der Waals surface area contributed by atoms with Crippen molar-refractivity contribution in [1.82, 2.24) is 9.80 Å². The Kier molecular flexibility index (Phi) is 5.85. The molecule has 0 spiro atoms. The molecule has 1 saturated heterocycles. The van der Waals surface area contributed by atoms with Gasteiger partial charge in [0.1, 0.15) is 16.9 Å². The molecule has 3 rings (SSSR count). The lowest BCUT2D eigenvalue weighted by Gasteiger charge is -2.52. The van der Waals surface area contributed by atoms with Crippen molar-refractivity contribution in [3.63, 3.8) is 0 Å². The smallest absolute Gasteiger partial charge is 0.330 e. The van der Waals surface area contributed by atoms with E-state index in [1.807, 2.05) is 5.40 Å². The zero-order valence-corrected chi connectivity index (χ0v) is 18.0. The van der Waals surface area contributed by atoms with E-state index in [-0.39, 0.29) is 11.1 Å². The van der Waals surface area contributed by atoms with E-state index < -0.39 is 46.0 Å². The van der Waals surface area contributed by atoms with Gasteiger partial charge in [0.2, 0.25) is 0 Å². The Morgan fingerprint density at radius 2 is 1.79 bits per heavy atom. The molecular formula is C18H16ClN3O5S2. The highest BCUT2D eigenvalue weighted by Crippen LogP contribution is 2.44. The first kappa shape index (κ1) is 21.5. The van der Waals surface area contributed by atoms with Crippen LogP contribution < -0.4 is 0 Å². The third kappa shape index (κ3) is 3.37. The summed E-state index contributed by atoms with van der Waals surface area (Å²) >= 11 is 6.44. The van der Waals surface area contributed by atoms with E-state index >= 15 is 0 Å². The summed E-state index contributed by atoms with van der Waals surface area (Å²) in [5.41, 5.74) is -0.697. The first-order valence-electron chi connectivity index (χ1n) is 8.42. The zero-order chi connectivity index (χ0) is 21.5. The van der Waals surface area contributed by atoms with Crippen LogP contribution in [0.3, 0.4) is 0 Å². The minimum atomic E-state index is -1.22. The normalized spacial score (nSPS) is 22.1. The fourth-order valence-electron chi connectivity index (χ4n) is 3.44. The number of fused-ring (bicyclic) bond motifs is 1. The van der Waals surface area contributed by atoms with Crippen LogP contribution in [0.5, 0.6) is 0 Å². The van der Waals surface area contributed by atoms with Gasteiger partial charge < -0.3 is 9.64 Å². The van der Waals surface area contributed by atoms with Crippen LogP contribution in [0.4, 0.5) is 0 Å². The van der Waals surface area contributed by atoms with Crippen LogP contribution in [-0.4, -0.2) is 62.9 Å². The van der Waals surface area contributed by atoms with Crippen LogP contribution in [0.1, 0.15) is 34.6 Å². The molecule has 1 aromatic carbocycles. The minimum Gasteiger partial charge on any atom is -0.467 e. The number of β-lactam (4-membered cyclic amide) rings is 1. The average Bonchev–Trinajstić information content (AvgIpc) is 2.95. The summed E-state index contributed by atoms with van der Waals surface area (Å²) in [5, 5.41) is 10.7. The lowest BCUT2D eigenvalue weighted by atomic mass is 9.94. The lowest BCUT2D eigenvalue weighted by Crippen LogP contribution is -2.75. The van der Waals surface area contributed by atoms with Gasteiger partial charge in [0.05, 0.1) is 23.0 Å². The molecule has 0 aromatic heterocycles. The predicted molar refractivity (Wildman–Crippen MR) is 108 cm³/mol. The molecule has 1 aromatic rings. The molecule has 3 unspecified atom stereocenters. The number of esters is 1. The Hall–Kier alpha value is -2.22. The summed E-state index contributed by atoms with van der Waals surface area (Å²) in [6, 6.07) is 3.94. The van der Waals surface area contributed by atoms with Crippen LogP contribution in [0.2, 0.25) is 0 Å². The summed E-state index contributed by atoms with van der Waals surface area (Å²) in [5.74, 6) is -2.54. The van der Waals surface area contributed by atoms with E-state index in [2.05, 4.69) is 0 Å². The number of amides is 3. The number of alkyl halides is 1. The first-order chi connectivity index (χ1) is 13.7. The van der Waals surface area contributed by atoms with Gasteiger partial charge in [-0.05, 0) is 26.0 Å².